The summed E-state index contributed by atoms with van der Waals surface area (Å²) in [7, 11) is 0. The minimum atomic E-state index is 0.536. The van der Waals surface area contributed by atoms with Crippen LogP contribution in [0.3, 0.4) is 0 Å². The van der Waals surface area contributed by atoms with E-state index in [0.29, 0.717) is 13.2 Å². The van der Waals surface area contributed by atoms with Crippen molar-refractivity contribution in [2.24, 2.45) is 5.73 Å². The molecule has 2 heteroatoms. The topological polar surface area (TPSA) is 35.2 Å². The largest absolute Gasteiger partial charge is 0.492 e. The van der Waals surface area contributed by atoms with Gasteiger partial charge in [-0.1, -0.05) is 42.0 Å². The Bertz CT molecular complexity index is 477. The van der Waals surface area contributed by atoms with Gasteiger partial charge in [-0.05, 0) is 30.2 Å². The van der Waals surface area contributed by atoms with Gasteiger partial charge in [0.1, 0.15) is 12.4 Å². The lowest BCUT2D eigenvalue weighted by Gasteiger charge is -2.07. The number of nitrogens with two attached hydrogens (primary N) is 1. The fourth-order valence-corrected chi connectivity index (χ4v) is 1.69. The molecule has 2 aromatic rings. The molecule has 0 atom stereocenters. The Kier molecular flexibility index (Phi) is 3.78. The van der Waals surface area contributed by atoms with Crippen LogP contribution >= 0.6 is 0 Å². The highest BCUT2D eigenvalue weighted by Gasteiger charge is 1.99. The molecule has 0 saturated heterocycles. The zero-order chi connectivity index (χ0) is 12.1. The van der Waals surface area contributed by atoms with Crippen LogP contribution in [0, 0.1) is 6.92 Å². The number of hydrogen-bond acceptors (Lipinski definition) is 2. The predicted octanol–water partition coefficient (Wildman–Crippen LogP) is 3.00. The van der Waals surface area contributed by atoms with E-state index in [1.807, 2.05) is 18.2 Å². The minimum absolute atomic E-state index is 0.536. The van der Waals surface area contributed by atoms with E-state index in [2.05, 4.69) is 37.3 Å². The van der Waals surface area contributed by atoms with Crippen LogP contribution in [0.5, 0.6) is 5.75 Å². The number of ether oxygens (including phenoxy) is 1. The molecule has 0 fully saturated rings. The molecular formula is C15H17NO. The fourth-order valence-electron chi connectivity index (χ4n) is 1.69. The highest BCUT2D eigenvalue weighted by Crippen LogP contribution is 2.24. The van der Waals surface area contributed by atoms with Gasteiger partial charge in [-0.3, -0.25) is 0 Å². The normalized spacial score (nSPS) is 10.2. The van der Waals surface area contributed by atoms with Crippen molar-refractivity contribution >= 4 is 0 Å². The molecule has 0 radical (unpaired) electrons. The fraction of sp³-hybridized carbons (Fsp3) is 0.200. The molecule has 0 unspecified atom stereocenters. The molecule has 0 aliphatic rings. The predicted molar refractivity (Wildman–Crippen MR) is 71.2 cm³/mol. The molecule has 0 aliphatic heterocycles. The quantitative estimate of drug-likeness (QED) is 0.871. The summed E-state index contributed by atoms with van der Waals surface area (Å²) in [5.74, 6) is 0.869. The van der Waals surface area contributed by atoms with Crippen LogP contribution in [0.15, 0.2) is 48.5 Å². The Labute approximate surface area is 102 Å². The molecule has 0 amide bonds. The standard InChI is InChI=1S/C15H17NO/c1-12-5-7-13(8-6-12)14-3-2-4-15(11-14)17-10-9-16/h2-8,11H,9-10,16H2,1H3. The molecule has 2 nitrogen and oxygen atoms in total. The lowest BCUT2D eigenvalue weighted by Crippen LogP contribution is -2.10. The highest BCUT2D eigenvalue weighted by atomic mass is 16.5. The second kappa shape index (κ2) is 5.51. The highest BCUT2D eigenvalue weighted by molar-refractivity contribution is 5.65. The lowest BCUT2D eigenvalue weighted by molar-refractivity contribution is 0.328. The molecule has 0 saturated carbocycles. The van der Waals surface area contributed by atoms with E-state index in [1.165, 1.54) is 16.7 Å². The summed E-state index contributed by atoms with van der Waals surface area (Å²) in [6.45, 7) is 3.18. The van der Waals surface area contributed by atoms with Gasteiger partial charge in [-0.15, -0.1) is 0 Å². The van der Waals surface area contributed by atoms with E-state index in [1.54, 1.807) is 0 Å². The third kappa shape index (κ3) is 3.08. The van der Waals surface area contributed by atoms with Gasteiger partial charge in [0.2, 0.25) is 0 Å². The van der Waals surface area contributed by atoms with Crippen molar-refractivity contribution in [3.63, 3.8) is 0 Å². The number of aryl methyl sites for hydroxylation is 1. The molecule has 0 spiro atoms. The zero-order valence-corrected chi connectivity index (χ0v) is 10.0. The summed E-state index contributed by atoms with van der Waals surface area (Å²) >= 11 is 0. The van der Waals surface area contributed by atoms with Crippen LogP contribution in [-0.2, 0) is 0 Å². The number of rotatable bonds is 4. The Hall–Kier alpha value is -1.80. The van der Waals surface area contributed by atoms with E-state index in [9.17, 15) is 0 Å². The number of hydrogen-bond donors (Lipinski definition) is 1. The molecule has 2 aromatic carbocycles. The van der Waals surface area contributed by atoms with Gasteiger partial charge in [0.25, 0.3) is 0 Å². The maximum Gasteiger partial charge on any atom is 0.119 e. The first-order chi connectivity index (χ1) is 8.29. The van der Waals surface area contributed by atoms with Gasteiger partial charge in [0.15, 0.2) is 0 Å². The molecule has 17 heavy (non-hydrogen) atoms. The molecule has 0 heterocycles. The first-order valence-corrected chi connectivity index (χ1v) is 5.79. The molecule has 0 aromatic heterocycles. The molecular weight excluding hydrogens is 210 g/mol. The second-order valence-electron chi connectivity index (χ2n) is 4.03. The Balaban J connectivity index is 2.23. The monoisotopic (exact) mass is 227 g/mol. The first kappa shape index (κ1) is 11.7. The average molecular weight is 227 g/mol. The van der Waals surface area contributed by atoms with E-state index in [0.717, 1.165) is 5.75 Å². The maximum atomic E-state index is 5.52. The Morgan fingerprint density at radius 2 is 1.76 bits per heavy atom. The van der Waals surface area contributed by atoms with E-state index < -0.39 is 0 Å². The van der Waals surface area contributed by atoms with Gasteiger partial charge < -0.3 is 10.5 Å². The SMILES string of the molecule is Cc1ccc(-c2cccc(OCCN)c2)cc1. The van der Waals surface area contributed by atoms with Crippen LogP contribution in [0.4, 0.5) is 0 Å². The molecule has 0 aliphatic carbocycles. The van der Waals surface area contributed by atoms with Crippen LogP contribution in [0.1, 0.15) is 5.56 Å². The molecule has 0 bridgehead atoms. The summed E-state index contributed by atoms with van der Waals surface area (Å²) in [5, 5.41) is 0. The van der Waals surface area contributed by atoms with Crippen molar-refractivity contribution in [3.8, 4) is 16.9 Å². The molecule has 2 N–H and O–H groups in total. The summed E-state index contributed by atoms with van der Waals surface area (Å²) in [5.41, 5.74) is 9.05. The summed E-state index contributed by atoms with van der Waals surface area (Å²) < 4.78 is 5.52. The van der Waals surface area contributed by atoms with Crippen LogP contribution < -0.4 is 10.5 Å². The maximum absolute atomic E-state index is 5.52. The van der Waals surface area contributed by atoms with E-state index in [4.69, 9.17) is 10.5 Å². The number of benzene rings is 2. The zero-order valence-electron chi connectivity index (χ0n) is 10.0. The third-order valence-corrected chi connectivity index (χ3v) is 2.61. The van der Waals surface area contributed by atoms with Crippen LogP contribution in [0.2, 0.25) is 0 Å². The summed E-state index contributed by atoms with van der Waals surface area (Å²) in [6.07, 6.45) is 0. The smallest absolute Gasteiger partial charge is 0.119 e. The van der Waals surface area contributed by atoms with Gasteiger partial charge in [-0.25, -0.2) is 0 Å². The summed E-state index contributed by atoms with van der Waals surface area (Å²) in [4.78, 5) is 0. The van der Waals surface area contributed by atoms with Gasteiger partial charge in [-0.2, -0.15) is 0 Å². The lowest BCUT2D eigenvalue weighted by atomic mass is 10.0. The molecule has 88 valence electrons. The first-order valence-electron chi connectivity index (χ1n) is 5.79. The van der Waals surface area contributed by atoms with Crippen LogP contribution in [0.25, 0.3) is 11.1 Å². The molecule has 2 rings (SSSR count). The van der Waals surface area contributed by atoms with E-state index in [-0.39, 0.29) is 0 Å². The van der Waals surface area contributed by atoms with Crippen molar-refractivity contribution < 1.29 is 4.74 Å². The van der Waals surface area contributed by atoms with Gasteiger partial charge in [0.05, 0.1) is 0 Å². The van der Waals surface area contributed by atoms with Crippen molar-refractivity contribution in [3.05, 3.63) is 54.1 Å². The Morgan fingerprint density at radius 1 is 1.00 bits per heavy atom. The van der Waals surface area contributed by atoms with Gasteiger partial charge >= 0.3 is 0 Å². The van der Waals surface area contributed by atoms with Crippen molar-refractivity contribution in [1.82, 2.24) is 0 Å². The Morgan fingerprint density at radius 3 is 2.47 bits per heavy atom. The summed E-state index contributed by atoms with van der Waals surface area (Å²) in [6, 6.07) is 16.6. The van der Waals surface area contributed by atoms with Crippen LogP contribution in [-0.4, -0.2) is 13.2 Å². The van der Waals surface area contributed by atoms with Gasteiger partial charge in [0, 0.05) is 6.54 Å². The second-order valence-corrected chi connectivity index (χ2v) is 4.03. The minimum Gasteiger partial charge on any atom is -0.492 e. The van der Waals surface area contributed by atoms with Crippen molar-refractivity contribution in [2.75, 3.05) is 13.2 Å². The van der Waals surface area contributed by atoms with E-state index >= 15 is 0 Å². The van der Waals surface area contributed by atoms with Crippen molar-refractivity contribution in [2.45, 2.75) is 6.92 Å². The average Bonchev–Trinajstić information content (AvgIpc) is 2.37. The third-order valence-electron chi connectivity index (χ3n) is 2.61. The van der Waals surface area contributed by atoms with Crippen molar-refractivity contribution in [1.29, 1.82) is 0 Å².